The van der Waals surface area contributed by atoms with Gasteiger partial charge in [0.15, 0.2) is 0 Å². The van der Waals surface area contributed by atoms with Gasteiger partial charge >= 0.3 is 5.97 Å². The van der Waals surface area contributed by atoms with Gasteiger partial charge in [-0.05, 0) is 36.6 Å². The Balaban J connectivity index is 1.87. The highest BCUT2D eigenvalue weighted by Crippen LogP contribution is 2.13. The highest BCUT2D eigenvalue weighted by molar-refractivity contribution is 5.90. The van der Waals surface area contributed by atoms with Crippen LogP contribution in [0.2, 0.25) is 0 Å². The normalized spacial score (nSPS) is 10.4. The number of carbonyl (C=O) groups is 2. The number of hydrogen-bond acceptors (Lipinski definition) is 3. The van der Waals surface area contributed by atoms with Gasteiger partial charge in [0.05, 0.1) is 0 Å². The third-order valence-electron chi connectivity index (χ3n) is 3.37. The Morgan fingerprint density at radius 3 is 2.73 bits per heavy atom. The maximum Gasteiger partial charge on any atom is 0.303 e. The second kappa shape index (κ2) is 7.40. The maximum atomic E-state index is 12.0. The molecule has 116 valence electrons. The lowest BCUT2D eigenvalue weighted by molar-refractivity contribution is -0.137. The largest absolute Gasteiger partial charge is 0.481 e. The molecule has 1 aromatic carbocycles. The molecular weight excluding hydrogens is 282 g/mol. The lowest BCUT2D eigenvalue weighted by atomic mass is 10.1. The summed E-state index contributed by atoms with van der Waals surface area (Å²) in [6.45, 7) is 0. The summed E-state index contributed by atoms with van der Waals surface area (Å²) in [5.41, 5.74) is 2.59. The van der Waals surface area contributed by atoms with Crippen molar-refractivity contribution in [2.45, 2.75) is 25.7 Å². The topological polar surface area (TPSA) is 84.2 Å². The van der Waals surface area contributed by atoms with Crippen LogP contribution in [0, 0.1) is 0 Å². The molecule has 1 aromatic heterocycles. The van der Waals surface area contributed by atoms with Gasteiger partial charge in [0.1, 0.15) is 0 Å². The van der Waals surface area contributed by atoms with Gasteiger partial charge in [-0.2, -0.15) is 5.10 Å². The minimum atomic E-state index is -0.828. The number of amides is 1. The SMILES string of the molecule is Cn1nccc1CCC(=O)Nc1cccc(CCC(=O)O)c1. The van der Waals surface area contributed by atoms with Crippen molar-refractivity contribution in [1.29, 1.82) is 0 Å². The Hall–Kier alpha value is -2.63. The van der Waals surface area contributed by atoms with E-state index in [-0.39, 0.29) is 12.3 Å². The lowest BCUT2D eigenvalue weighted by Gasteiger charge is -2.07. The zero-order valence-electron chi connectivity index (χ0n) is 12.5. The van der Waals surface area contributed by atoms with E-state index >= 15 is 0 Å². The molecule has 0 saturated carbocycles. The van der Waals surface area contributed by atoms with E-state index in [0.717, 1.165) is 11.3 Å². The van der Waals surface area contributed by atoms with E-state index in [4.69, 9.17) is 5.11 Å². The van der Waals surface area contributed by atoms with Gasteiger partial charge < -0.3 is 10.4 Å². The number of nitrogens with zero attached hydrogens (tertiary/aromatic N) is 2. The quantitative estimate of drug-likeness (QED) is 0.819. The van der Waals surface area contributed by atoms with Crippen LogP contribution < -0.4 is 5.32 Å². The number of carboxylic acids is 1. The summed E-state index contributed by atoms with van der Waals surface area (Å²) < 4.78 is 1.75. The molecular formula is C16H19N3O3. The number of anilines is 1. The zero-order chi connectivity index (χ0) is 15.9. The second-order valence-electron chi connectivity index (χ2n) is 5.09. The minimum Gasteiger partial charge on any atom is -0.481 e. The molecule has 0 radical (unpaired) electrons. The first-order valence-electron chi connectivity index (χ1n) is 7.12. The van der Waals surface area contributed by atoms with E-state index in [0.29, 0.717) is 24.9 Å². The molecule has 2 aromatic rings. The number of rotatable bonds is 7. The van der Waals surface area contributed by atoms with Gasteiger partial charge in [0.2, 0.25) is 5.91 Å². The summed E-state index contributed by atoms with van der Waals surface area (Å²) in [5.74, 6) is -0.901. The average molecular weight is 301 g/mol. The molecule has 0 saturated heterocycles. The van der Waals surface area contributed by atoms with Crippen LogP contribution in [0.3, 0.4) is 0 Å². The van der Waals surface area contributed by atoms with Crippen molar-refractivity contribution in [3.05, 3.63) is 47.8 Å². The third-order valence-corrected chi connectivity index (χ3v) is 3.37. The van der Waals surface area contributed by atoms with Crippen molar-refractivity contribution in [1.82, 2.24) is 9.78 Å². The Bertz CT molecular complexity index is 664. The first-order valence-corrected chi connectivity index (χ1v) is 7.12. The van der Waals surface area contributed by atoms with Crippen LogP contribution in [0.5, 0.6) is 0 Å². The number of benzene rings is 1. The molecule has 0 unspecified atom stereocenters. The fourth-order valence-corrected chi connectivity index (χ4v) is 2.17. The predicted molar refractivity (Wildman–Crippen MR) is 82.6 cm³/mol. The summed E-state index contributed by atoms with van der Waals surface area (Å²) in [4.78, 5) is 22.5. The van der Waals surface area contributed by atoms with Gasteiger partial charge in [0, 0.05) is 37.5 Å². The molecule has 2 rings (SSSR count). The van der Waals surface area contributed by atoms with Crippen molar-refractivity contribution >= 4 is 17.6 Å². The van der Waals surface area contributed by atoms with Gasteiger partial charge in [-0.15, -0.1) is 0 Å². The third kappa shape index (κ3) is 4.73. The fourth-order valence-electron chi connectivity index (χ4n) is 2.17. The maximum absolute atomic E-state index is 12.0. The number of hydrogen-bond donors (Lipinski definition) is 2. The van der Waals surface area contributed by atoms with E-state index in [1.165, 1.54) is 0 Å². The molecule has 22 heavy (non-hydrogen) atoms. The van der Waals surface area contributed by atoms with Crippen LogP contribution in [0.15, 0.2) is 36.5 Å². The Labute approximate surface area is 128 Å². The van der Waals surface area contributed by atoms with E-state index in [9.17, 15) is 9.59 Å². The Morgan fingerprint density at radius 1 is 1.23 bits per heavy atom. The van der Waals surface area contributed by atoms with Crippen molar-refractivity contribution in [2.24, 2.45) is 7.05 Å². The highest BCUT2D eigenvalue weighted by Gasteiger charge is 2.06. The van der Waals surface area contributed by atoms with Crippen molar-refractivity contribution < 1.29 is 14.7 Å². The average Bonchev–Trinajstić information content (AvgIpc) is 2.89. The monoisotopic (exact) mass is 301 g/mol. The first kappa shape index (κ1) is 15.8. The fraction of sp³-hybridized carbons (Fsp3) is 0.312. The molecule has 0 bridgehead atoms. The van der Waals surface area contributed by atoms with Crippen LogP contribution in [0.25, 0.3) is 0 Å². The van der Waals surface area contributed by atoms with Gasteiger partial charge in [-0.25, -0.2) is 0 Å². The highest BCUT2D eigenvalue weighted by atomic mass is 16.4. The first-order chi connectivity index (χ1) is 10.5. The van der Waals surface area contributed by atoms with Gasteiger partial charge in [0.25, 0.3) is 0 Å². The number of aliphatic carboxylic acids is 1. The van der Waals surface area contributed by atoms with Crippen LogP contribution in [-0.4, -0.2) is 26.8 Å². The number of nitrogens with one attached hydrogen (secondary N) is 1. The van der Waals surface area contributed by atoms with Crippen LogP contribution >= 0.6 is 0 Å². The molecule has 2 N–H and O–H groups in total. The summed E-state index contributed by atoms with van der Waals surface area (Å²) >= 11 is 0. The molecule has 0 atom stereocenters. The molecule has 0 aliphatic rings. The number of aromatic nitrogens is 2. The minimum absolute atomic E-state index is 0.0726. The van der Waals surface area contributed by atoms with Crippen LogP contribution in [-0.2, 0) is 29.5 Å². The summed E-state index contributed by atoms with van der Waals surface area (Å²) in [6, 6.07) is 9.17. The summed E-state index contributed by atoms with van der Waals surface area (Å²) in [5, 5.41) is 15.6. The second-order valence-corrected chi connectivity index (χ2v) is 5.09. The van der Waals surface area contributed by atoms with Gasteiger partial charge in [-0.1, -0.05) is 12.1 Å². The number of aryl methyl sites for hydroxylation is 3. The smallest absolute Gasteiger partial charge is 0.303 e. The van der Waals surface area contributed by atoms with E-state index in [1.807, 2.05) is 31.3 Å². The molecule has 0 aliphatic heterocycles. The van der Waals surface area contributed by atoms with Crippen molar-refractivity contribution in [3.8, 4) is 0 Å². The molecule has 0 aliphatic carbocycles. The molecule has 6 nitrogen and oxygen atoms in total. The predicted octanol–water partition coefficient (Wildman–Crippen LogP) is 2.01. The standard InChI is InChI=1S/C16H19N3O3/c1-19-14(9-10-17-19)6-7-15(20)18-13-4-2-3-12(11-13)5-8-16(21)22/h2-4,9-11H,5-8H2,1H3,(H,18,20)(H,21,22). The van der Waals surface area contributed by atoms with Crippen molar-refractivity contribution in [3.63, 3.8) is 0 Å². The van der Waals surface area contributed by atoms with E-state index in [2.05, 4.69) is 10.4 Å². The lowest BCUT2D eigenvalue weighted by Crippen LogP contribution is -2.13. The van der Waals surface area contributed by atoms with E-state index in [1.54, 1.807) is 16.9 Å². The molecule has 6 heteroatoms. The summed E-state index contributed by atoms with van der Waals surface area (Å²) in [7, 11) is 1.85. The van der Waals surface area contributed by atoms with Crippen molar-refractivity contribution in [2.75, 3.05) is 5.32 Å². The summed E-state index contributed by atoms with van der Waals surface area (Å²) in [6.07, 6.45) is 3.24. The Kier molecular flexibility index (Phi) is 5.30. The molecule has 0 fully saturated rings. The Morgan fingerprint density at radius 2 is 2.05 bits per heavy atom. The molecule has 1 heterocycles. The molecule has 1 amide bonds. The van der Waals surface area contributed by atoms with Crippen LogP contribution in [0.1, 0.15) is 24.1 Å². The van der Waals surface area contributed by atoms with Gasteiger partial charge in [-0.3, -0.25) is 14.3 Å². The zero-order valence-corrected chi connectivity index (χ0v) is 12.5. The van der Waals surface area contributed by atoms with Crippen LogP contribution in [0.4, 0.5) is 5.69 Å². The van der Waals surface area contributed by atoms with E-state index < -0.39 is 5.97 Å². The number of carboxylic acid groups (broad SMARTS) is 1. The number of carbonyl (C=O) groups excluding carboxylic acids is 1. The molecule has 0 spiro atoms.